The zero-order chi connectivity index (χ0) is 27.3. The largest absolute Gasteiger partial charge is 0.462 e. The molecule has 0 aliphatic heterocycles. The number of imidazole rings is 2. The molecule has 0 aliphatic carbocycles. The number of ether oxygens (including phenoxy) is 1. The van der Waals surface area contributed by atoms with Crippen LogP contribution in [0.5, 0.6) is 0 Å². The van der Waals surface area contributed by atoms with Gasteiger partial charge in [-0.15, -0.1) is 0 Å². The Kier molecular flexibility index (Phi) is 7.96. The molecule has 0 aliphatic rings. The van der Waals surface area contributed by atoms with Crippen molar-refractivity contribution in [3.8, 4) is 11.1 Å². The minimum Gasteiger partial charge on any atom is -0.462 e. The molecule has 0 atom stereocenters. The van der Waals surface area contributed by atoms with Crippen LogP contribution in [-0.4, -0.2) is 19.9 Å². The summed E-state index contributed by atoms with van der Waals surface area (Å²) in [5.41, 5.74) is 7.14. The number of nitrogens with zero attached hydrogens (tertiary/aromatic N) is 2. The summed E-state index contributed by atoms with van der Waals surface area (Å²) in [7, 11) is 0. The molecule has 4 aromatic rings. The molecule has 2 heterocycles. The number of fused-ring (bicyclic) bond motifs is 2. The highest BCUT2D eigenvalue weighted by Gasteiger charge is 2.18. The van der Waals surface area contributed by atoms with Gasteiger partial charge >= 0.3 is 0 Å². The highest BCUT2D eigenvalue weighted by molar-refractivity contribution is 5.88. The molecule has 0 saturated heterocycles. The van der Waals surface area contributed by atoms with Gasteiger partial charge in [-0.25, -0.2) is 9.97 Å². The van der Waals surface area contributed by atoms with Crippen molar-refractivity contribution in [2.75, 3.05) is 0 Å². The summed E-state index contributed by atoms with van der Waals surface area (Å²) in [6, 6.07) is 12.7. The summed E-state index contributed by atoms with van der Waals surface area (Å²) >= 11 is 0. The van der Waals surface area contributed by atoms with E-state index >= 15 is 0 Å². The highest BCUT2D eigenvalue weighted by Crippen LogP contribution is 2.29. The molecule has 194 valence electrons. The van der Waals surface area contributed by atoms with E-state index in [0.717, 1.165) is 61.9 Å². The van der Waals surface area contributed by atoms with Gasteiger partial charge in [0.05, 0.1) is 22.1 Å². The van der Waals surface area contributed by atoms with Crippen molar-refractivity contribution < 1.29 is 4.74 Å². The normalized spacial score (nSPS) is 13.9. The fraction of sp³-hybridized carbons (Fsp3) is 0.212. The van der Waals surface area contributed by atoms with Crippen molar-refractivity contribution in [1.29, 1.82) is 0 Å². The number of nitrogens with one attached hydrogen (secondary N) is 2. The number of rotatable bonds is 8. The average molecular weight is 505 g/mol. The number of aromatic nitrogens is 4. The van der Waals surface area contributed by atoms with Crippen molar-refractivity contribution in [2.24, 2.45) is 0 Å². The molecule has 2 aromatic carbocycles. The average Bonchev–Trinajstić information content (AvgIpc) is 3.52. The quantitative estimate of drug-likeness (QED) is 0.186. The first-order valence-electron chi connectivity index (χ1n) is 12.9. The molecular weight excluding hydrogens is 468 g/mol. The minimum absolute atomic E-state index is 0.0263. The SMILES string of the molecule is C=C/C=C\C=C(/C)OC(/C=C\C(=C/C)c1nc2ccc(-c3ccc4nc(C(C)(C)C)[nH]c4c3)cc2[nH]1)=C/C. The number of hydrogen-bond donors (Lipinski definition) is 2. The molecule has 0 spiro atoms. The summed E-state index contributed by atoms with van der Waals surface area (Å²) in [5.74, 6) is 3.35. The Labute approximate surface area is 225 Å². The lowest BCUT2D eigenvalue weighted by Crippen LogP contribution is -2.12. The lowest BCUT2D eigenvalue weighted by Gasteiger charge is -2.13. The molecule has 0 unspecified atom stereocenters. The van der Waals surface area contributed by atoms with Gasteiger partial charge in [0.2, 0.25) is 0 Å². The zero-order valence-electron chi connectivity index (χ0n) is 23.1. The first-order chi connectivity index (χ1) is 18.2. The fourth-order valence-corrected chi connectivity index (χ4v) is 4.03. The standard InChI is InChI=1S/C33H36N4O/c1-8-11-12-13-22(4)38-26(10-3)17-14-23(9-2)31-34-27-18-15-24(20-29(27)35-31)25-16-19-28-30(21-25)37-32(36-28)33(5,6)7/h8-21H,1H2,2-7H3,(H,34,35)(H,36,37)/b12-11-,17-14-,22-13+,23-9+,26-10+. The van der Waals surface area contributed by atoms with Gasteiger partial charge in [0.1, 0.15) is 23.2 Å². The molecule has 0 bridgehead atoms. The predicted molar refractivity (Wildman–Crippen MR) is 161 cm³/mol. The van der Waals surface area contributed by atoms with Crippen molar-refractivity contribution in [2.45, 2.75) is 47.0 Å². The Morgan fingerprint density at radius 2 is 1.53 bits per heavy atom. The molecular formula is C33H36N4O. The van der Waals surface area contributed by atoms with E-state index in [0.29, 0.717) is 0 Å². The fourth-order valence-electron chi connectivity index (χ4n) is 4.03. The number of hydrogen-bond acceptors (Lipinski definition) is 3. The van der Waals surface area contributed by atoms with Gasteiger partial charge < -0.3 is 14.7 Å². The third-order valence-electron chi connectivity index (χ3n) is 6.16. The number of H-pyrrole nitrogens is 2. The van der Waals surface area contributed by atoms with Crippen LogP contribution >= 0.6 is 0 Å². The second-order valence-corrected chi connectivity index (χ2v) is 10.2. The molecule has 0 radical (unpaired) electrons. The van der Waals surface area contributed by atoms with Crippen LogP contribution in [0.15, 0.2) is 103 Å². The second-order valence-electron chi connectivity index (χ2n) is 10.2. The maximum atomic E-state index is 5.94. The van der Waals surface area contributed by atoms with Crippen molar-refractivity contribution >= 4 is 27.6 Å². The molecule has 4 rings (SSSR count). The molecule has 0 fully saturated rings. The molecule has 5 nitrogen and oxygen atoms in total. The van der Waals surface area contributed by atoms with E-state index in [1.54, 1.807) is 6.08 Å². The van der Waals surface area contributed by atoms with Crippen LogP contribution in [0.3, 0.4) is 0 Å². The third kappa shape index (κ3) is 6.12. The molecule has 2 aromatic heterocycles. The number of aromatic amines is 2. The summed E-state index contributed by atoms with van der Waals surface area (Å²) in [6.45, 7) is 16.1. The van der Waals surface area contributed by atoms with E-state index in [2.05, 4.69) is 73.7 Å². The van der Waals surface area contributed by atoms with Gasteiger partial charge in [-0.2, -0.15) is 0 Å². The monoisotopic (exact) mass is 504 g/mol. The van der Waals surface area contributed by atoms with Crippen LogP contribution in [0, 0.1) is 0 Å². The topological polar surface area (TPSA) is 66.6 Å². The lowest BCUT2D eigenvalue weighted by molar-refractivity contribution is 0.322. The van der Waals surface area contributed by atoms with E-state index in [4.69, 9.17) is 14.7 Å². The Bertz CT molecular complexity index is 1610. The summed E-state index contributed by atoms with van der Waals surface area (Å²) in [6.07, 6.45) is 15.3. The van der Waals surface area contributed by atoms with Crippen LogP contribution in [0.2, 0.25) is 0 Å². The Morgan fingerprint density at radius 3 is 2.13 bits per heavy atom. The molecule has 0 saturated carbocycles. The van der Waals surface area contributed by atoms with Crippen molar-refractivity contribution in [3.05, 3.63) is 115 Å². The summed E-state index contributed by atoms with van der Waals surface area (Å²) in [5, 5.41) is 0. The molecule has 38 heavy (non-hydrogen) atoms. The van der Waals surface area contributed by atoms with Crippen molar-refractivity contribution in [3.63, 3.8) is 0 Å². The molecule has 2 N–H and O–H groups in total. The van der Waals surface area contributed by atoms with Crippen LogP contribution in [-0.2, 0) is 10.2 Å². The summed E-state index contributed by atoms with van der Waals surface area (Å²) in [4.78, 5) is 16.6. The maximum Gasteiger partial charge on any atom is 0.138 e. The van der Waals surface area contributed by atoms with E-state index in [9.17, 15) is 0 Å². The van der Waals surface area contributed by atoms with Crippen LogP contribution < -0.4 is 0 Å². The lowest BCUT2D eigenvalue weighted by atomic mass is 9.96. The van der Waals surface area contributed by atoms with Gasteiger partial charge in [-0.05, 0) is 80.5 Å². The third-order valence-corrected chi connectivity index (χ3v) is 6.16. The zero-order valence-corrected chi connectivity index (χ0v) is 23.1. The van der Waals surface area contributed by atoms with Crippen molar-refractivity contribution in [1.82, 2.24) is 19.9 Å². The molecule has 5 heteroatoms. The van der Waals surface area contributed by atoms with Gasteiger partial charge in [0.25, 0.3) is 0 Å². The Morgan fingerprint density at radius 1 is 0.868 bits per heavy atom. The van der Waals surface area contributed by atoms with Gasteiger partial charge in [-0.1, -0.05) is 63.8 Å². The van der Waals surface area contributed by atoms with Gasteiger partial charge in [0.15, 0.2) is 0 Å². The van der Waals surface area contributed by atoms with E-state index in [1.165, 1.54) is 0 Å². The van der Waals surface area contributed by atoms with E-state index < -0.39 is 0 Å². The second kappa shape index (κ2) is 11.3. The van der Waals surface area contributed by atoms with Gasteiger partial charge in [0, 0.05) is 11.0 Å². The maximum absolute atomic E-state index is 5.94. The van der Waals surface area contributed by atoms with Crippen LogP contribution in [0.1, 0.15) is 53.2 Å². The number of benzene rings is 2. The molecule has 0 amide bonds. The van der Waals surface area contributed by atoms with E-state index in [1.807, 2.05) is 63.3 Å². The first kappa shape index (κ1) is 26.7. The predicted octanol–water partition coefficient (Wildman–Crippen LogP) is 8.93. The Hall–Kier alpha value is -4.38. The van der Waals surface area contributed by atoms with E-state index in [-0.39, 0.29) is 5.41 Å². The highest BCUT2D eigenvalue weighted by atomic mass is 16.5. The Balaban J connectivity index is 1.57. The summed E-state index contributed by atoms with van der Waals surface area (Å²) < 4.78 is 5.94. The number of allylic oxidation sites excluding steroid dienone is 10. The smallest absolute Gasteiger partial charge is 0.138 e. The van der Waals surface area contributed by atoms with Crippen LogP contribution in [0.4, 0.5) is 0 Å². The minimum atomic E-state index is -0.0263. The van der Waals surface area contributed by atoms with Crippen LogP contribution in [0.25, 0.3) is 38.8 Å². The van der Waals surface area contributed by atoms with Gasteiger partial charge in [-0.3, -0.25) is 0 Å². The first-order valence-corrected chi connectivity index (χ1v) is 12.9.